The van der Waals surface area contributed by atoms with Crippen LogP contribution in [0.3, 0.4) is 0 Å². The highest BCUT2D eigenvalue weighted by atomic mass is 31.2. The number of ether oxygens (including phenoxy) is 2. The molecule has 0 saturated carbocycles. The van der Waals surface area contributed by atoms with Crippen LogP contribution in [0, 0.1) is 0 Å². The van der Waals surface area contributed by atoms with E-state index in [9.17, 15) is 29.3 Å². The molecule has 11 nitrogen and oxygen atoms in total. The number of carbonyl (C=O) groups is 2. The second kappa shape index (κ2) is 39.0. The fraction of sp³-hybridized carbons (Fsp3) is 0.636. The number of allylic oxidation sites excluding steroid dienone is 13. The summed E-state index contributed by atoms with van der Waals surface area (Å²) in [4.78, 5) is 34.9. The third-order valence-corrected chi connectivity index (χ3v) is 9.06. The molecular weight excluding hydrogens is 735 g/mol. The summed E-state index contributed by atoms with van der Waals surface area (Å²) in [7, 11) is -4.65. The number of phosphoric ester groups is 1. The Kier molecular flexibility index (Phi) is 36.9. The molecule has 0 aliphatic heterocycles. The molecule has 0 rings (SSSR count). The van der Waals surface area contributed by atoms with Gasteiger partial charge in [0.25, 0.3) is 0 Å². The Labute approximate surface area is 337 Å². The van der Waals surface area contributed by atoms with Crippen molar-refractivity contribution in [2.24, 2.45) is 0 Å². The lowest BCUT2D eigenvalue weighted by atomic mass is 10.1. The zero-order chi connectivity index (χ0) is 41.4. The van der Waals surface area contributed by atoms with E-state index >= 15 is 0 Å². The fourth-order valence-electron chi connectivity index (χ4n) is 4.90. The van der Waals surface area contributed by atoms with Crippen molar-refractivity contribution in [1.82, 2.24) is 0 Å². The Hall–Kier alpha value is -2.89. The van der Waals surface area contributed by atoms with E-state index in [4.69, 9.17) is 19.1 Å². The number of aliphatic hydroxyl groups excluding tert-OH is 3. The normalized spacial score (nSPS) is 15.3. The molecule has 0 aromatic heterocycles. The van der Waals surface area contributed by atoms with Gasteiger partial charge in [0.1, 0.15) is 12.7 Å². The first-order valence-corrected chi connectivity index (χ1v) is 22.1. The van der Waals surface area contributed by atoms with Gasteiger partial charge in [-0.2, -0.15) is 0 Å². The Morgan fingerprint density at radius 1 is 0.607 bits per heavy atom. The molecule has 0 aromatic rings. The monoisotopic (exact) mass is 808 g/mol. The number of hydrogen-bond donors (Lipinski definition) is 4. The van der Waals surface area contributed by atoms with E-state index in [2.05, 4.69) is 79.1 Å². The van der Waals surface area contributed by atoms with Crippen molar-refractivity contribution in [3.63, 3.8) is 0 Å². The number of aliphatic hydroxyl groups is 3. The molecule has 4 N–H and O–H groups in total. The van der Waals surface area contributed by atoms with E-state index in [-0.39, 0.29) is 25.6 Å². The molecular formula is C44H73O11P. The van der Waals surface area contributed by atoms with Gasteiger partial charge >= 0.3 is 19.8 Å². The molecule has 0 aliphatic carbocycles. The average molecular weight is 809 g/mol. The number of unbranched alkanes of at least 4 members (excludes halogenated alkanes) is 7. The van der Waals surface area contributed by atoms with Gasteiger partial charge in [-0.1, -0.05) is 131 Å². The first kappa shape index (κ1) is 53.1. The van der Waals surface area contributed by atoms with Crippen LogP contribution in [-0.4, -0.2) is 76.9 Å². The quantitative estimate of drug-likeness (QED) is 0.0204. The Balaban J connectivity index is 4.50. The molecule has 0 spiro atoms. The molecule has 0 amide bonds. The van der Waals surface area contributed by atoms with E-state index in [0.29, 0.717) is 19.3 Å². The summed E-state index contributed by atoms with van der Waals surface area (Å²) in [5.41, 5.74) is 0. The summed E-state index contributed by atoms with van der Waals surface area (Å²) in [5.74, 6) is -1.04. The molecule has 12 heteroatoms. The van der Waals surface area contributed by atoms with Gasteiger partial charge in [-0.3, -0.25) is 18.6 Å². The standard InChI is InChI=1S/C44H73O11P/c1-3-5-7-8-9-10-11-12-13-14-18-21-24-27-30-34-43(48)52-38-42(39-54-56(50,51)53-37-41(47)36-45)55-44(49)35-31-28-25-22-19-16-15-17-20-23-26-29-33-40(46)32-6-4-2/h5,7,9-10,12-13,15-16,20,22-23,25,29,33,40-42,45-47H,3-4,6,8,11,14,17-19,21,24,26-28,30-32,34-39H2,1-2H3,(H,50,51)/b7-5-,10-9-,13-12-,16-15-,23-20-,25-22-,33-29-/t40-,41+,42-/m1/s1. The number of rotatable bonds is 37. The van der Waals surface area contributed by atoms with Crippen molar-refractivity contribution in [3.8, 4) is 0 Å². The molecule has 0 aliphatic rings. The third kappa shape index (κ3) is 38.0. The third-order valence-electron chi connectivity index (χ3n) is 8.10. The molecule has 0 heterocycles. The molecule has 56 heavy (non-hydrogen) atoms. The summed E-state index contributed by atoms with van der Waals surface area (Å²) < 4.78 is 32.6. The summed E-state index contributed by atoms with van der Waals surface area (Å²) in [6.07, 6.45) is 41.8. The lowest BCUT2D eigenvalue weighted by molar-refractivity contribution is -0.161. The molecule has 0 aromatic carbocycles. The summed E-state index contributed by atoms with van der Waals surface area (Å²) in [6.45, 7) is 1.99. The van der Waals surface area contributed by atoms with Gasteiger partial charge in [0.05, 0.1) is 25.9 Å². The smallest absolute Gasteiger partial charge is 0.462 e. The van der Waals surface area contributed by atoms with Gasteiger partial charge in [0.2, 0.25) is 0 Å². The van der Waals surface area contributed by atoms with Crippen LogP contribution in [0.2, 0.25) is 0 Å². The first-order valence-electron chi connectivity index (χ1n) is 20.6. The predicted molar refractivity (Wildman–Crippen MR) is 225 cm³/mol. The maximum Gasteiger partial charge on any atom is 0.472 e. The topological polar surface area (TPSA) is 169 Å². The highest BCUT2D eigenvalue weighted by Crippen LogP contribution is 2.43. The van der Waals surface area contributed by atoms with Crippen LogP contribution in [0.25, 0.3) is 0 Å². The first-order chi connectivity index (χ1) is 27.1. The Morgan fingerprint density at radius 2 is 1.12 bits per heavy atom. The van der Waals surface area contributed by atoms with Crippen LogP contribution in [0.1, 0.15) is 136 Å². The Bertz CT molecular complexity index is 1220. The van der Waals surface area contributed by atoms with Crippen molar-refractivity contribution in [2.75, 3.05) is 26.4 Å². The number of phosphoric acid groups is 1. The van der Waals surface area contributed by atoms with Crippen LogP contribution in [-0.2, 0) is 32.7 Å². The second-order valence-electron chi connectivity index (χ2n) is 13.4. The van der Waals surface area contributed by atoms with E-state index < -0.39 is 51.8 Å². The molecule has 0 fully saturated rings. The largest absolute Gasteiger partial charge is 0.472 e. The van der Waals surface area contributed by atoms with Crippen molar-refractivity contribution in [3.05, 3.63) is 85.1 Å². The van der Waals surface area contributed by atoms with Crippen LogP contribution < -0.4 is 0 Å². The number of carbonyl (C=O) groups excluding carboxylic acids is 2. The number of esters is 2. The van der Waals surface area contributed by atoms with E-state index in [1.807, 2.05) is 24.3 Å². The van der Waals surface area contributed by atoms with Gasteiger partial charge in [-0.05, 0) is 77.0 Å². The SMILES string of the molecule is CC/C=C\C/C=C\C/C=C\CCCCCCCC(=O)OC[C@H](COP(=O)(O)OC[C@@H](O)CO)OC(=O)CCC/C=C\C/C=C\C/C=C\C/C=C\[C@H](O)CCCC. The highest BCUT2D eigenvalue weighted by molar-refractivity contribution is 7.47. The summed E-state index contributed by atoms with van der Waals surface area (Å²) in [6, 6.07) is 0. The van der Waals surface area contributed by atoms with Gasteiger partial charge in [-0.25, -0.2) is 4.57 Å². The van der Waals surface area contributed by atoms with Crippen LogP contribution in [0.5, 0.6) is 0 Å². The molecule has 0 radical (unpaired) electrons. The summed E-state index contributed by atoms with van der Waals surface area (Å²) in [5, 5.41) is 28.1. The van der Waals surface area contributed by atoms with Crippen molar-refractivity contribution in [2.45, 2.75) is 154 Å². The van der Waals surface area contributed by atoms with Gasteiger partial charge < -0.3 is 29.7 Å². The molecule has 320 valence electrons. The minimum atomic E-state index is -4.65. The second-order valence-corrected chi connectivity index (χ2v) is 14.9. The molecule has 1 unspecified atom stereocenters. The molecule has 0 saturated heterocycles. The van der Waals surface area contributed by atoms with Crippen LogP contribution in [0.15, 0.2) is 85.1 Å². The predicted octanol–water partition coefficient (Wildman–Crippen LogP) is 9.63. The van der Waals surface area contributed by atoms with Crippen molar-refractivity contribution < 1.29 is 52.9 Å². The lowest BCUT2D eigenvalue weighted by Gasteiger charge is -2.20. The minimum absolute atomic E-state index is 0.0826. The Morgan fingerprint density at radius 3 is 1.73 bits per heavy atom. The molecule has 4 atom stereocenters. The van der Waals surface area contributed by atoms with Crippen LogP contribution >= 0.6 is 7.82 Å². The maximum absolute atomic E-state index is 12.6. The van der Waals surface area contributed by atoms with E-state index in [1.54, 1.807) is 0 Å². The van der Waals surface area contributed by atoms with E-state index in [0.717, 1.165) is 89.9 Å². The van der Waals surface area contributed by atoms with Crippen molar-refractivity contribution >= 4 is 19.8 Å². The lowest BCUT2D eigenvalue weighted by Crippen LogP contribution is -2.29. The highest BCUT2D eigenvalue weighted by Gasteiger charge is 2.27. The van der Waals surface area contributed by atoms with Gasteiger partial charge in [0.15, 0.2) is 6.10 Å². The van der Waals surface area contributed by atoms with Crippen LogP contribution in [0.4, 0.5) is 0 Å². The molecule has 0 bridgehead atoms. The fourth-order valence-corrected chi connectivity index (χ4v) is 5.69. The minimum Gasteiger partial charge on any atom is -0.462 e. The zero-order valence-electron chi connectivity index (χ0n) is 34.2. The van der Waals surface area contributed by atoms with Gasteiger partial charge in [0, 0.05) is 12.8 Å². The zero-order valence-corrected chi connectivity index (χ0v) is 35.1. The average Bonchev–Trinajstić information content (AvgIpc) is 3.18. The van der Waals surface area contributed by atoms with Crippen molar-refractivity contribution in [1.29, 1.82) is 0 Å². The summed E-state index contributed by atoms with van der Waals surface area (Å²) >= 11 is 0. The maximum atomic E-state index is 12.6. The number of hydrogen-bond acceptors (Lipinski definition) is 10. The van der Waals surface area contributed by atoms with Gasteiger partial charge in [-0.15, -0.1) is 0 Å². The van der Waals surface area contributed by atoms with E-state index in [1.165, 1.54) is 0 Å².